The fraction of sp³-hybridized carbons (Fsp3) is 0.500. The molecule has 0 aliphatic rings. The van der Waals surface area contributed by atoms with E-state index in [0.717, 1.165) is 13.0 Å². The summed E-state index contributed by atoms with van der Waals surface area (Å²) in [6, 6.07) is 3.65. The Morgan fingerprint density at radius 1 is 1.44 bits per heavy atom. The van der Waals surface area contributed by atoms with Crippen LogP contribution in [-0.2, 0) is 0 Å². The molecule has 1 rings (SSSR count). The zero-order chi connectivity index (χ0) is 11.8. The predicted octanol–water partition coefficient (Wildman–Crippen LogP) is 2.53. The van der Waals surface area contributed by atoms with Gasteiger partial charge in [-0.25, -0.2) is 4.98 Å². The van der Waals surface area contributed by atoms with Crippen molar-refractivity contribution in [3.8, 4) is 6.07 Å². The topological polar surface area (TPSA) is 74.7 Å². The van der Waals surface area contributed by atoms with Gasteiger partial charge in [-0.2, -0.15) is 5.26 Å². The second-order valence-electron chi connectivity index (χ2n) is 3.76. The highest BCUT2D eigenvalue weighted by Gasteiger charge is 2.01. The molecule has 1 aromatic rings. The van der Waals surface area contributed by atoms with Gasteiger partial charge in [-0.1, -0.05) is 26.2 Å². The molecule has 0 saturated carbocycles. The Balaban J connectivity index is 2.40. The van der Waals surface area contributed by atoms with E-state index >= 15 is 0 Å². The molecule has 0 saturated heterocycles. The highest BCUT2D eigenvalue weighted by molar-refractivity contribution is 5.62. The highest BCUT2D eigenvalue weighted by Crippen LogP contribution is 2.15. The van der Waals surface area contributed by atoms with Crippen LogP contribution in [0.3, 0.4) is 0 Å². The van der Waals surface area contributed by atoms with Crippen molar-refractivity contribution < 1.29 is 0 Å². The number of aromatic nitrogens is 1. The molecule has 1 heterocycles. The van der Waals surface area contributed by atoms with Crippen molar-refractivity contribution >= 4 is 11.5 Å². The Morgan fingerprint density at radius 2 is 2.25 bits per heavy atom. The smallest absolute Gasteiger partial charge is 0.149 e. The standard InChI is InChI=1S/C12H18N4/c1-2-3-4-5-6-15-12-11(14)7-10(8-13)9-16-12/h7,9H,2-6,14H2,1H3,(H,15,16). The van der Waals surface area contributed by atoms with E-state index in [1.165, 1.54) is 25.5 Å². The molecule has 0 atom stereocenters. The first kappa shape index (κ1) is 12.3. The molecular formula is C12H18N4. The average molecular weight is 218 g/mol. The number of nitrogens with two attached hydrogens (primary N) is 1. The summed E-state index contributed by atoms with van der Waals surface area (Å²) in [5, 5.41) is 11.8. The van der Waals surface area contributed by atoms with E-state index < -0.39 is 0 Å². The lowest BCUT2D eigenvalue weighted by Gasteiger charge is -2.07. The maximum absolute atomic E-state index is 8.66. The van der Waals surface area contributed by atoms with Gasteiger partial charge in [0.1, 0.15) is 11.9 Å². The Labute approximate surface area is 96.5 Å². The van der Waals surface area contributed by atoms with Crippen LogP contribution < -0.4 is 11.1 Å². The lowest BCUT2D eigenvalue weighted by Crippen LogP contribution is -2.06. The summed E-state index contributed by atoms with van der Waals surface area (Å²) in [6.45, 7) is 3.07. The molecule has 0 aliphatic carbocycles. The third kappa shape index (κ3) is 3.77. The van der Waals surface area contributed by atoms with Crippen LogP contribution in [0.15, 0.2) is 12.3 Å². The summed E-state index contributed by atoms with van der Waals surface area (Å²) in [7, 11) is 0. The van der Waals surface area contributed by atoms with Gasteiger partial charge >= 0.3 is 0 Å². The lowest BCUT2D eigenvalue weighted by molar-refractivity contribution is 0.684. The number of pyridine rings is 1. The Morgan fingerprint density at radius 3 is 2.88 bits per heavy atom. The molecule has 3 N–H and O–H groups in total. The molecular weight excluding hydrogens is 200 g/mol. The van der Waals surface area contributed by atoms with E-state index in [2.05, 4.69) is 17.2 Å². The van der Waals surface area contributed by atoms with Gasteiger partial charge in [0, 0.05) is 12.7 Å². The molecule has 0 radical (unpaired) electrons. The number of hydrogen-bond acceptors (Lipinski definition) is 4. The summed E-state index contributed by atoms with van der Waals surface area (Å²) in [6.07, 6.45) is 6.37. The van der Waals surface area contributed by atoms with Crippen LogP contribution in [0.4, 0.5) is 11.5 Å². The zero-order valence-electron chi connectivity index (χ0n) is 9.66. The van der Waals surface area contributed by atoms with Crippen LogP contribution in [0.2, 0.25) is 0 Å². The van der Waals surface area contributed by atoms with Gasteiger partial charge in [0.15, 0.2) is 0 Å². The lowest BCUT2D eigenvalue weighted by atomic mass is 10.2. The van der Waals surface area contributed by atoms with Crippen molar-refractivity contribution in [1.82, 2.24) is 4.98 Å². The van der Waals surface area contributed by atoms with E-state index in [0.29, 0.717) is 17.1 Å². The Kier molecular flexibility index (Phi) is 5.13. The summed E-state index contributed by atoms with van der Waals surface area (Å²) >= 11 is 0. The van der Waals surface area contributed by atoms with Gasteiger partial charge in [0.25, 0.3) is 0 Å². The molecule has 1 aromatic heterocycles. The van der Waals surface area contributed by atoms with E-state index in [1.807, 2.05) is 6.07 Å². The van der Waals surface area contributed by atoms with E-state index in [9.17, 15) is 0 Å². The second kappa shape index (κ2) is 6.67. The highest BCUT2D eigenvalue weighted by atomic mass is 15.0. The number of nitriles is 1. The van der Waals surface area contributed by atoms with Crippen LogP contribution in [0, 0.1) is 11.3 Å². The Hall–Kier alpha value is -1.76. The minimum absolute atomic E-state index is 0.494. The van der Waals surface area contributed by atoms with Crippen molar-refractivity contribution in [3.63, 3.8) is 0 Å². The van der Waals surface area contributed by atoms with Crippen molar-refractivity contribution in [2.75, 3.05) is 17.6 Å². The summed E-state index contributed by atoms with van der Waals surface area (Å²) in [5.74, 6) is 0.676. The Bertz CT molecular complexity index is 368. The molecule has 4 nitrogen and oxygen atoms in total. The minimum Gasteiger partial charge on any atom is -0.396 e. The fourth-order valence-corrected chi connectivity index (χ4v) is 1.45. The quantitative estimate of drug-likeness (QED) is 0.719. The second-order valence-corrected chi connectivity index (χ2v) is 3.76. The van der Waals surface area contributed by atoms with Crippen LogP contribution in [-0.4, -0.2) is 11.5 Å². The van der Waals surface area contributed by atoms with Crippen LogP contribution in [0.1, 0.15) is 38.2 Å². The van der Waals surface area contributed by atoms with Crippen molar-refractivity contribution in [3.05, 3.63) is 17.8 Å². The maximum Gasteiger partial charge on any atom is 0.149 e. The van der Waals surface area contributed by atoms with Crippen molar-refractivity contribution in [1.29, 1.82) is 5.26 Å². The van der Waals surface area contributed by atoms with E-state index in [-0.39, 0.29) is 0 Å². The van der Waals surface area contributed by atoms with Gasteiger partial charge in [-0.15, -0.1) is 0 Å². The fourth-order valence-electron chi connectivity index (χ4n) is 1.45. The summed E-state index contributed by atoms with van der Waals surface area (Å²) in [4.78, 5) is 4.11. The largest absolute Gasteiger partial charge is 0.396 e. The van der Waals surface area contributed by atoms with Crippen LogP contribution >= 0.6 is 0 Å². The monoisotopic (exact) mass is 218 g/mol. The molecule has 0 bridgehead atoms. The van der Waals surface area contributed by atoms with Gasteiger partial charge in [0.05, 0.1) is 11.3 Å². The van der Waals surface area contributed by atoms with Crippen LogP contribution in [0.25, 0.3) is 0 Å². The summed E-state index contributed by atoms with van der Waals surface area (Å²) in [5.41, 5.74) is 6.79. The number of hydrogen-bond donors (Lipinski definition) is 2. The van der Waals surface area contributed by atoms with Gasteiger partial charge in [0.2, 0.25) is 0 Å². The van der Waals surface area contributed by atoms with Crippen LogP contribution in [0.5, 0.6) is 0 Å². The molecule has 0 unspecified atom stereocenters. The van der Waals surface area contributed by atoms with Gasteiger partial charge in [-0.3, -0.25) is 0 Å². The number of nitrogens with one attached hydrogen (secondary N) is 1. The maximum atomic E-state index is 8.66. The van der Waals surface area contributed by atoms with Gasteiger partial charge in [-0.05, 0) is 12.5 Å². The molecule has 0 amide bonds. The molecule has 0 fully saturated rings. The van der Waals surface area contributed by atoms with Crippen molar-refractivity contribution in [2.24, 2.45) is 0 Å². The molecule has 0 spiro atoms. The number of anilines is 2. The third-order valence-corrected chi connectivity index (χ3v) is 2.37. The third-order valence-electron chi connectivity index (χ3n) is 2.37. The van der Waals surface area contributed by atoms with E-state index in [1.54, 1.807) is 6.07 Å². The SMILES string of the molecule is CCCCCCNc1ncc(C#N)cc1N. The molecule has 0 aromatic carbocycles. The van der Waals surface area contributed by atoms with E-state index in [4.69, 9.17) is 11.0 Å². The minimum atomic E-state index is 0.494. The number of rotatable bonds is 6. The zero-order valence-corrected chi connectivity index (χ0v) is 9.66. The molecule has 4 heteroatoms. The molecule has 16 heavy (non-hydrogen) atoms. The molecule has 86 valence electrons. The van der Waals surface area contributed by atoms with Gasteiger partial charge < -0.3 is 11.1 Å². The normalized spacial score (nSPS) is 9.75. The first-order chi connectivity index (χ1) is 7.77. The predicted molar refractivity (Wildman–Crippen MR) is 66.0 cm³/mol. The molecule has 0 aliphatic heterocycles. The number of nitrogens with zero attached hydrogens (tertiary/aromatic N) is 2. The number of nitrogen functional groups attached to an aromatic ring is 1. The first-order valence-electron chi connectivity index (χ1n) is 5.67. The average Bonchev–Trinajstić information content (AvgIpc) is 2.30. The van der Waals surface area contributed by atoms with Crippen molar-refractivity contribution in [2.45, 2.75) is 32.6 Å². The summed E-state index contributed by atoms with van der Waals surface area (Å²) < 4.78 is 0. The first-order valence-corrected chi connectivity index (χ1v) is 5.67. The number of unbranched alkanes of at least 4 members (excludes halogenated alkanes) is 3.